The second-order valence-electron chi connectivity index (χ2n) is 11.4. The Morgan fingerprint density at radius 3 is 2.21 bits per heavy atom. The van der Waals surface area contributed by atoms with Crippen LogP contribution in [-0.2, 0) is 26.0 Å². The lowest BCUT2D eigenvalue weighted by molar-refractivity contribution is -0.147. The Bertz CT molecular complexity index is 1240. The molecule has 2 unspecified atom stereocenters. The summed E-state index contributed by atoms with van der Waals surface area (Å²) < 4.78 is 68.4. The van der Waals surface area contributed by atoms with E-state index in [1.54, 1.807) is 6.92 Å². The van der Waals surface area contributed by atoms with E-state index in [-0.39, 0.29) is 48.5 Å². The van der Waals surface area contributed by atoms with Crippen LogP contribution in [0.2, 0.25) is 10.0 Å². The van der Waals surface area contributed by atoms with Crippen molar-refractivity contribution in [3.05, 3.63) is 27.7 Å². The van der Waals surface area contributed by atoms with E-state index in [2.05, 4.69) is 5.32 Å². The van der Waals surface area contributed by atoms with E-state index in [0.29, 0.717) is 30.9 Å². The van der Waals surface area contributed by atoms with E-state index < -0.39 is 49.9 Å². The van der Waals surface area contributed by atoms with Crippen LogP contribution in [0, 0.1) is 29.1 Å². The third kappa shape index (κ3) is 4.75. The van der Waals surface area contributed by atoms with Gasteiger partial charge in [-0.2, -0.15) is 25.9 Å². The topological polar surface area (TPSA) is 113 Å². The van der Waals surface area contributed by atoms with Crippen molar-refractivity contribution in [2.45, 2.75) is 51.2 Å². The zero-order chi connectivity index (χ0) is 27.8. The van der Waals surface area contributed by atoms with Gasteiger partial charge in [-0.05, 0) is 67.9 Å². The second-order valence-corrected chi connectivity index (χ2v) is 14.1. The highest BCUT2D eigenvalue weighted by atomic mass is 35.5. The maximum atomic E-state index is 13.5. The maximum Gasteiger partial charge on any atom is 0.416 e. The summed E-state index contributed by atoms with van der Waals surface area (Å²) >= 11 is 12.2. The quantitative estimate of drug-likeness (QED) is 0.538. The average molecular weight is 597 g/mol. The molecule has 4 bridgehead atoms. The molecule has 4 saturated carbocycles. The predicted octanol–water partition coefficient (Wildman–Crippen LogP) is 3.81. The van der Waals surface area contributed by atoms with Gasteiger partial charge < -0.3 is 11.1 Å². The van der Waals surface area contributed by atoms with Crippen molar-refractivity contribution in [2.24, 2.45) is 34.8 Å². The molecule has 14 heteroatoms. The molecule has 5 aliphatic rings. The minimum atomic E-state index is -4.71. The molecule has 0 spiro atoms. The number of hydrogen-bond acceptors (Lipinski definition) is 4. The normalized spacial score (nSPS) is 34.4. The number of carbonyl (C=O) groups excluding carboxylic acids is 2. The first kappa shape index (κ1) is 27.8. The molecule has 1 aromatic rings. The van der Waals surface area contributed by atoms with Gasteiger partial charge in [0.25, 0.3) is 0 Å². The number of benzene rings is 1. The first-order chi connectivity index (χ1) is 17.6. The third-order valence-electron chi connectivity index (χ3n) is 8.63. The second kappa shape index (κ2) is 9.42. The van der Waals surface area contributed by atoms with E-state index >= 15 is 0 Å². The standard InChI is InChI=1S/C24H29Cl2F3N4O4S/c1-12-9-32(38(36,37)33(10-12)21-17(25)4-16(5-18(21)26)24(27,28)29)11-19(34)31-20-14-2-13-3-15(20)8-23(6-13,7-14)22(30)35/h4-5,12-15,20H,2-3,6-11H2,1H3,(H2,30,35)(H,31,34)/t12-,13?,14?,15?,20?,23?/m1/s1. The molecule has 38 heavy (non-hydrogen) atoms. The zero-order valence-corrected chi connectivity index (χ0v) is 22.9. The van der Waals surface area contributed by atoms with Gasteiger partial charge in [0.15, 0.2) is 0 Å². The minimum Gasteiger partial charge on any atom is -0.369 e. The van der Waals surface area contributed by atoms with Crippen LogP contribution in [0.1, 0.15) is 44.6 Å². The van der Waals surface area contributed by atoms with Crippen molar-refractivity contribution in [1.29, 1.82) is 0 Å². The number of primary amides is 1. The van der Waals surface area contributed by atoms with Crippen LogP contribution < -0.4 is 15.4 Å². The Morgan fingerprint density at radius 1 is 1.11 bits per heavy atom. The van der Waals surface area contributed by atoms with E-state index in [9.17, 15) is 31.2 Å². The number of rotatable bonds is 5. The van der Waals surface area contributed by atoms with Gasteiger partial charge in [0.1, 0.15) is 0 Å². The molecule has 8 nitrogen and oxygen atoms in total. The number of halogens is 5. The molecule has 1 heterocycles. The number of anilines is 1. The SMILES string of the molecule is C[C@@H]1CN(CC(=O)NC2C3CC4CC2CC(C(N)=O)(C4)C3)S(=O)(=O)N(c2c(Cl)cc(C(F)(F)F)cc2Cl)C1. The summed E-state index contributed by atoms with van der Waals surface area (Å²) in [5.74, 6) is -0.402. The van der Waals surface area contributed by atoms with Crippen LogP contribution in [0.5, 0.6) is 0 Å². The summed E-state index contributed by atoms with van der Waals surface area (Å²) in [6.07, 6.45) is -0.873. The molecular formula is C24H29Cl2F3N4O4S. The highest BCUT2D eigenvalue weighted by Gasteiger charge is 2.58. The Balaban J connectivity index is 1.33. The Labute approximate surface area is 229 Å². The molecule has 2 amide bonds. The summed E-state index contributed by atoms with van der Waals surface area (Å²) in [5.41, 5.74) is 3.88. The van der Waals surface area contributed by atoms with Gasteiger partial charge in [0.05, 0.1) is 27.8 Å². The Hall–Kier alpha value is -1.76. The van der Waals surface area contributed by atoms with Crippen LogP contribution in [0.4, 0.5) is 18.9 Å². The molecule has 3 N–H and O–H groups in total. The fourth-order valence-electron chi connectivity index (χ4n) is 7.29. The van der Waals surface area contributed by atoms with Gasteiger partial charge in [-0.3, -0.25) is 13.9 Å². The van der Waals surface area contributed by atoms with Crippen LogP contribution in [0.15, 0.2) is 12.1 Å². The number of amides is 2. The average Bonchev–Trinajstić information content (AvgIpc) is 2.78. The lowest BCUT2D eigenvalue weighted by Gasteiger charge is -2.58. The van der Waals surface area contributed by atoms with Crippen molar-refractivity contribution < 1.29 is 31.2 Å². The fourth-order valence-corrected chi connectivity index (χ4v) is 9.95. The summed E-state index contributed by atoms with van der Waals surface area (Å²) in [5, 5.41) is 2.12. The molecule has 0 radical (unpaired) electrons. The highest BCUT2D eigenvalue weighted by Crippen LogP contribution is 2.60. The van der Waals surface area contributed by atoms with Gasteiger partial charge in [-0.15, -0.1) is 0 Å². The van der Waals surface area contributed by atoms with Gasteiger partial charge in [0.2, 0.25) is 11.8 Å². The maximum absolute atomic E-state index is 13.5. The van der Waals surface area contributed by atoms with Crippen molar-refractivity contribution in [1.82, 2.24) is 9.62 Å². The van der Waals surface area contributed by atoms with Gasteiger partial charge in [-0.25, -0.2) is 0 Å². The number of nitrogens with zero attached hydrogens (tertiary/aromatic N) is 2. The van der Waals surface area contributed by atoms with E-state index in [4.69, 9.17) is 28.9 Å². The van der Waals surface area contributed by atoms with Crippen molar-refractivity contribution >= 4 is 50.9 Å². The first-order valence-corrected chi connectivity index (χ1v) is 14.7. The van der Waals surface area contributed by atoms with Crippen LogP contribution in [0.25, 0.3) is 0 Å². The minimum absolute atomic E-state index is 0.0481. The molecule has 4 aliphatic carbocycles. The molecule has 210 valence electrons. The van der Waals surface area contributed by atoms with E-state index in [0.717, 1.165) is 27.9 Å². The summed E-state index contributed by atoms with van der Waals surface area (Å²) in [6.45, 7) is 1.29. The number of hydrogen-bond donors (Lipinski definition) is 2. The van der Waals surface area contributed by atoms with E-state index in [1.807, 2.05) is 0 Å². The van der Waals surface area contributed by atoms with Crippen LogP contribution >= 0.6 is 23.2 Å². The zero-order valence-electron chi connectivity index (χ0n) is 20.6. The van der Waals surface area contributed by atoms with Gasteiger partial charge >= 0.3 is 16.4 Å². The lowest BCUT2D eigenvalue weighted by Crippen LogP contribution is -2.63. The third-order valence-corrected chi connectivity index (χ3v) is 11.0. The lowest BCUT2D eigenvalue weighted by atomic mass is 9.47. The van der Waals surface area contributed by atoms with Gasteiger partial charge in [0, 0.05) is 24.5 Å². The Kier molecular flexibility index (Phi) is 6.89. The predicted molar refractivity (Wildman–Crippen MR) is 136 cm³/mol. The molecule has 1 aromatic carbocycles. The number of nitrogens with two attached hydrogens (primary N) is 1. The fraction of sp³-hybridized carbons (Fsp3) is 0.667. The molecule has 1 saturated heterocycles. The largest absolute Gasteiger partial charge is 0.416 e. The van der Waals surface area contributed by atoms with Crippen molar-refractivity contribution in [3.63, 3.8) is 0 Å². The number of nitrogens with one attached hydrogen (secondary N) is 1. The smallest absolute Gasteiger partial charge is 0.369 e. The van der Waals surface area contributed by atoms with Crippen LogP contribution in [0.3, 0.4) is 0 Å². The highest BCUT2D eigenvalue weighted by molar-refractivity contribution is 7.90. The summed E-state index contributed by atoms with van der Waals surface area (Å²) in [7, 11) is -4.33. The van der Waals surface area contributed by atoms with Crippen molar-refractivity contribution in [3.8, 4) is 0 Å². The summed E-state index contributed by atoms with van der Waals surface area (Å²) in [6, 6.07) is 1.12. The first-order valence-electron chi connectivity index (χ1n) is 12.5. The van der Waals surface area contributed by atoms with Crippen LogP contribution in [-0.4, -0.2) is 50.2 Å². The molecule has 6 rings (SSSR count). The molecular weight excluding hydrogens is 568 g/mol. The summed E-state index contributed by atoms with van der Waals surface area (Å²) in [4.78, 5) is 25.3. The number of alkyl halides is 3. The molecule has 1 aliphatic heterocycles. The monoisotopic (exact) mass is 596 g/mol. The van der Waals surface area contributed by atoms with E-state index in [1.165, 1.54) is 0 Å². The Morgan fingerprint density at radius 2 is 1.68 bits per heavy atom. The molecule has 0 aromatic heterocycles. The molecule has 3 atom stereocenters. The molecule has 5 fully saturated rings. The number of carbonyl (C=O) groups is 2. The van der Waals surface area contributed by atoms with Gasteiger partial charge in [-0.1, -0.05) is 30.1 Å². The van der Waals surface area contributed by atoms with Crippen molar-refractivity contribution in [2.75, 3.05) is 23.9 Å².